The summed E-state index contributed by atoms with van der Waals surface area (Å²) in [6, 6.07) is 10.5. The van der Waals surface area contributed by atoms with Crippen molar-refractivity contribution in [3.8, 4) is 11.6 Å². The number of imidazole rings is 1. The molecule has 1 N–H and O–H groups in total. The van der Waals surface area contributed by atoms with Crippen LogP contribution >= 0.6 is 0 Å². The number of hydrogen-bond acceptors (Lipinski definition) is 4. The largest absolute Gasteiger partial charge is 0.453 e. The van der Waals surface area contributed by atoms with Crippen LogP contribution in [-0.4, -0.2) is 34.8 Å². The van der Waals surface area contributed by atoms with Crippen LogP contribution < -0.4 is 5.32 Å². The SMILES string of the molecule is c1ccc2oc(-c3nccn3C3COC4(CCNCC4)C3)cc2c1. The number of furan rings is 1. The van der Waals surface area contributed by atoms with Gasteiger partial charge in [-0.1, -0.05) is 18.2 Å². The molecule has 2 fully saturated rings. The van der Waals surface area contributed by atoms with Crippen molar-refractivity contribution in [3.63, 3.8) is 0 Å². The molecular formula is C19H21N3O2. The van der Waals surface area contributed by atoms with E-state index in [1.165, 1.54) is 0 Å². The van der Waals surface area contributed by atoms with E-state index in [0.717, 1.165) is 61.5 Å². The second kappa shape index (κ2) is 5.46. The molecule has 2 aliphatic rings. The van der Waals surface area contributed by atoms with Crippen LogP contribution in [0.4, 0.5) is 0 Å². The summed E-state index contributed by atoms with van der Waals surface area (Å²) in [5.74, 6) is 1.72. The van der Waals surface area contributed by atoms with Gasteiger partial charge in [0, 0.05) is 17.8 Å². The summed E-state index contributed by atoms with van der Waals surface area (Å²) < 4.78 is 14.5. The molecule has 2 aromatic heterocycles. The molecule has 0 saturated carbocycles. The number of fused-ring (bicyclic) bond motifs is 1. The van der Waals surface area contributed by atoms with Crippen molar-refractivity contribution in [1.29, 1.82) is 0 Å². The number of piperidine rings is 1. The van der Waals surface area contributed by atoms with E-state index >= 15 is 0 Å². The highest BCUT2D eigenvalue weighted by atomic mass is 16.5. The van der Waals surface area contributed by atoms with Gasteiger partial charge in [0.1, 0.15) is 5.58 Å². The first kappa shape index (κ1) is 14.3. The van der Waals surface area contributed by atoms with Gasteiger partial charge in [-0.05, 0) is 44.5 Å². The van der Waals surface area contributed by atoms with Gasteiger partial charge in [0.2, 0.25) is 0 Å². The van der Waals surface area contributed by atoms with Gasteiger partial charge in [-0.2, -0.15) is 0 Å². The maximum absolute atomic E-state index is 6.25. The van der Waals surface area contributed by atoms with Gasteiger partial charge in [0.25, 0.3) is 0 Å². The van der Waals surface area contributed by atoms with E-state index in [2.05, 4.69) is 33.2 Å². The van der Waals surface area contributed by atoms with Crippen molar-refractivity contribution in [3.05, 3.63) is 42.7 Å². The second-order valence-electron chi connectivity index (χ2n) is 6.91. The average Bonchev–Trinajstić information content (AvgIpc) is 3.32. The van der Waals surface area contributed by atoms with Gasteiger partial charge in [-0.3, -0.25) is 0 Å². The Bertz CT molecular complexity index is 827. The number of ether oxygens (including phenoxy) is 1. The van der Waals surface area contributed by atoms with Crippen molar-refractivity contribution in [2.45, 2.75) is 30.9 Å². The van der Waals surface area contributed by atoms with E-state index in [9.17, 15) is 0 Å². The molecule has 5 heteroatoms. The third kappa shape index (κ3) is 2.27. The molecule has 1 unspecified atom stereocenters. The first-order valence-corrected chi connectivity index (χ1v) is 8.70. The van der Waals surface area contributed by atoms with Crippen LogP contribution in [0.5, 0.6) is 0 Å². The Balaban J connectivity index is 1.47. The molecule has 0 bridgehead atoms. The number of rotatable bonds is 2. The van der Waals surface area contributed by atoms with E-state index in [1.807, 2.05) is 24.4 Å². The predicted octanol–water partition coefficient (Wildman–Crippen LogP) is 3.38. The summed E-state index contributed by atoms with van der Waals surface area (Å²) in [7, 11) is 0. The molecule has 1 aromatic carbocycles. The van der Waals surface area contributed by atoms with Crippen molar-refractivity contribution in [1.82, 2.24) is 14.9 Å². The molecular weight excluding hydrogens is 302 g/mol. The minimum atomic E-state index is 0.0470. The molecule has 5 nitrogen and oxygen atoms in total. The van der Waals surface area contributed by atoms with Crippen LogP contribution in [-0.2, 0) is 4.74 Å². The highest BCUT2D eigenvalue weighted by Crippen LogP contribution is 2.41. The lowest BCUT2D eigenvalue weighted by Gasteiger charge is -2.32. The number of nitrogens with zero attached hydrogens (tertiary/aromatic N) is 2. The normalized spacial score (nSPS) is 23.2. The zero-order valence-electron chi connectivity index (χ0n) is 13.6. The van der Waals surface area contributed by atoms with Crippen LogP contribution in [0, 0.1) is 0 Å². The molecule has 1 atom stereocenters. The Morgan fingerprint density at radius 2 is 2.08 bits per heavy atom. The van der Waals surface area contributed by atoms with Crippen LogP contribution in [0.3, 0.4) is 0 Å². The van der Waals surface area contributed by atoms with Crippen LogP contribution in [0.25, 0.3) is 22.6 Å². The van der Waals surface area contributed by atoms with Crippen molar-refractivity contribution in [2.75, 3.05) is 19.7 Å². The smallest absolute Gasteiger partial charge is 0.176 e. The maximum Gasteiger partial charge on any atom is 0.176 e. The van der Waals surface area contributed by atoms with Gasteiger partial charge < -0.3 is 19.0 Å². The van der Waals surface area contributed by atoms with Gasteiger partial charge in [0.05, 0.1) is 18.2 Å². The Hall–Kier alpha value is -2.11. The summed E-state index contributed by atoms with van der Waals surface area (Å²) in [6.07, 6.45) is 7.15. The molecule has 124 valence electrons. The number of benzene rings is 1. The van der Waals surface area contributed by atoms with Crippen LogP contribution in [0.1, 0.15) is 25.3 Å². The molecule has 0 aliphatic carbocycles. The first-order chi connectivity index (χ1) is 11.8. The fourth-order valence-electron chi connectivity index (χ4n) is 4.12. The summed E-state index contributed by atoms with van der Waals surface area (Å²) in [6.45, 7) is 2.85. The van der Waals surface area contributed by atoms with E-state index in [0.29, 0.717) is 6.04 Å². The number of hydrogen-bond donors (Lipinski definition) is 1. The van der Waals surface area contributed by atoms with Crippen molar-refractivity contribution in [2.24, 2.45) is 0 Å². The Morgan fingerprint density at radius 3 is 2.96 bits per heavy atom. The molecule has 0 radical (unpaired) electrons. The standard InChI is InChI=1S/C19H21N3O2/c1-2-4-16-14(3-1)11-17(24-16)18-21-9-10-22(18)15-12-19(23-13-15)5-7-20-8-6-19/h1-4,9-11,15,20H,5-8,12-13H2. The summed E-state index contributed by atoms with van der Waals surface area (Å²) in [5.41, 5.74) is 0.949. The minimum Gasteiger partial charge on any atom is -0.453 e. The van der Waals surface area contributed by atoms with Gasteiger partial charge in [-0.15, -0.1) is 0 Å². The molecule has 2 aliphatic heterocycles. The van der Waals surface area contributed by atoms with E-state index in [-0.39, 0.29) is 5.60 Å². The minimum absolute atomic E-state index is 0.0470. The lowest BCUT2D eigenvalue weighted by molar-refractivity contribution is -0.0195. The van der Waals surface area contributed by atoms with Crippen LogP contribution in [0.15, 0.2) is 47.1 Å². The lowest BCUT2D eigenvalue weighted by Crippen LogP contribution is -2.41. The maximum atomic E-state index is 6.25. The Morgan fingerprint density at radius 1 is 1.21 bits per heavy atom. The van der Waals surface area contributed by atoms with E-state index < -0.39 is 0 Å². The van der Waals surface area contributed by atoms with E-state index in [4.69, 9.17) is 9.15 Å². The fourth-order valence-corrected chi connectivity index (χ4v) is 4.12. The van der Waals surface area contributed by atoms with Gasteiger partial charge >= 0.3 is 0 Å². The quantitative estimate of drug-likeness (QED) is 0.785. The third-order valence-electron chi connectivity index (χ3n) is 5.41. The number of aromatic nitrogens is 2. The summed E-state index contributed by atoms with van der Waals surface area (Å²) in [4.78, 5) is 4.56. The van der Waals surface area contributed by atoms with E-state index in [1.54, 1.807) is 0 Å². The van der Waals surface area contributed by atoms with Crippen LogP contribution in [0.2, 0.25) is 0 Å². The second-order valence-corrected chi connectivity index (χ2v) is 6.91. The van der Waals surface area contributed by atoms with Crippen molar-refractivity contribution >= 4 is 11.0 Å². The Kier molecular flexibility index (Phi) is 3.24. The molecule has 3 aromatic rings. The summed E-state index contributed by atoms with van der Waals surface area (Å²) in [5, 5.41) is 4.53. The lowest BCUT2D eigenvalue weighted by atomic mass is 9.88. The highest BCUT2D eigenvalue weighted by molar-refractivity contribution is 5.81. The molecule has 1 spiro atoms. The molecule has 5 rings (SSSR count). The van der Waals surface area contributed by atoms with Gasteiger partial charge in [-0.25, -0.2) is 4.98 Å². The van der Waals surface area contributed by atoms with Gasteiger partial charge in [0.15, 0.2) is 11.6 Å². The third-order valence-corrected chi connectivity index (χ3v) is 5.41. The monoisotopic (exact) mass is 323 g/mol. The van der Waals surface area contributed by atoms with Crippen molar-refractivity contribution < 1.29 is 9.15 Å². The number of para-hydroxylation sites is 1. The topological polar surface area (TPSA) is 52.2 Å². The number of nitrogens with one attached hydrogen (secondary N) is 1. The molecule has 0 amide bonds. The fraction of sp³-hybridized carbons (Fsp3) is 0.421. The Labute approximate surface area is 140 Å². The highest BCUT2D eigenvalue weighted by Gasteiger charge is 2.42. The first-order valence-electron chi connectivity index (χ1n) is 8.70. The summed E-state index contributed by atoms with van der Waals surface area (Å²) >= 11 is 0. The average molecular weight is 323 g/mol. The zero-order valence-corrected chi connectivity index (χ0v) is 13.6. The molecule has 2 saturated heterocycles. The zero-order chi connectivity index (χ0) is 16.0. The molecule has 4 heterocycles. The predicted molar refractivity (Wildman–Crippen MR) is 91.9 cm³/mol. The molecule has 24 heavy (non-hydrogen) atoms.